The second-order valence-electron chi connectivity index (χ2n) is 9.76. The highest BCUT2D eigenvalue weighted by Crippen LogP contribution is 2.33. The van der Waals surface area contributed by atoms with E-state index in [1.54, 1.807) is 25.1 Å². The van der Waals surface area contributed by atoms with Crippen LogP contribution in [-0.2, 0) is 0 Å². The molecule has 0 saturated carbocycles. The maximum Gasteiger partial charge on any atom is 0.354 e. The molecule has 40 heavy (non-hydrogen) atoms. The molecule has 0 aliphatic rings. The Balaban J connectivity index is 1.42. The number of carboxylic acids is 1. The number of aryl methyl sites for hydroxylation is 3. The molecule has 0 aliphatic heterocycles. The van der Waals surface area contributed by atoms with Crippen LogP contribution in [-0.4, -0.2) is 38.5 Å². The molecule has 0 radical (unpaired) electrons. The molecule has 1 amide bonds. The standard InChI is InChI=1S/C31H26Cl2N4O3/c1-16-10-25-26(11-17(16)2)37-29(36-25)22(19-7-5-4-6-8-19)15-35-30(38)27-23(32)12-20(13-24(27)33)21-9-18(3)28(31(39)40)34-14-21/h4-14,22H,15H2,1-3H3,(H,35,38)(H,36,37)(H,39,40). The summed E-state index contributed by atoms with van der Waals surface area (Å²) in [6, 6.07) is 18.9. The Hall–Kier alpha value is -4.20. The molecule has 0 saturated heterocycles. The summed E-state index contributed by atoms with van der Waals surface area (Å²) >= 11 is 13.1. The van der Waals surface area contributed by atoms with Crippen molar-refractivity contribution in [2.24, 2.45) is 0 Å². The van der Waals surface area contributed by atoms with Crippen LogP contribution in [0.15, 0.2) is 66.9 Å². The lowest BCUT2D eigenvalue weighted by Crippen LogP contribution is -2.29. The molecule has 0 aliphatic carbocycles. The largest absolute Gasteiger partial charge is 0.477 e. The zero-order valence-electron chi connectivity index (χ0n) is 22.0. The predicted octanol–water partition coefficient (Wildman–Crippen LogP) is 7.12. The van der Waals surface area contributed by atoms with Crippen molar-refractivity contribution in [2.75, 3.05) is 6.54 Å². The van der Waals surface area contributed by atoms with Gasteiger partial charge in [-0.25, -0.2) is 14.8 Å². The maximum absolute atomic E-state index is 13.3. The number of carbonyl (C=O) groups excluding carboxylic acids is 1. The number of pyridine rings is 1. The lowest BCUT2D eigenvalue weighted by Gasteiger charge is -2.17. The van der Waals surface area contributed by atoms with E-state index in [2.05, 4.69) is 41.3 Å². The van der Waals surface area contributed by atoms with E-state index in [9.17, 15) is 14.7 Å². The number of nitrogens with zero attached hydrogens (tertiary/aromatic N) is 2. The third-order valence-electron chi connectivity index (χ3n) is 7.00. The zero-order chi connectivity index (χ0) is 28.6. The van der Waals surface area contributed by atoms with Gasteiger partial charge in [-0.15, -0.1) is 0 Å². The Morgan fingerprint density at radius 3 is 2.25 bits per heavy atom. The molecular formula is C31H26Cl2N4O3. The minimum absolute atomic E-state index is 0.0281. The highest BCUT2D eigenvalue weighted by molar-refractivity contribution is 6.40. The third-order valence-corrected chi connectivity index (χ3v) is 7.59. The van der Waals surface area contributed by atoms with Crippen LogP contribution in [0.2, 0.25) is 10.0 Å². The molecule has 0 fully saturated rings. The van der Waals surface area contributed by atoms with Crippen molar-refractivity contribution in [3.63, 3.8) is 0 Å². The average molecular weight is 573 g/mol. The first kappa shape index (κ1) is 27.4. The molecule has 0 spiro atoms. The van der Waals surface area contributed by atoms with Crippen LogP contribution in [0.4, 0.5) is 0 Å². The number of aromatic carboxylic acids is 1. The van der Waals surface area contributed by atoms with E-state index in [4.69, 9.17) is 28.2 Å². The van der Waals surface area contributed by atoms with Gasteiger partial charge in [0, 0.05) is 18.3 Å². The Bertz CT molecular complexity index is 1700. The van der Waals surface area contributed by atoms with Gasteiger partial charge in [-0.3, -0.25) is 4.79 Å². The van der Waals surface area contributed by atoms with Crippen LogP contribution in [0.25, 0.3) is 22.2 Å². The lowest BCUT2D eigenvalue weighted by atomic mass is 9.98. The zero-order valence-corrected chi connectivity index (χ0v) is 23.6. The van der Waals surface area contributed by atoms with Crippen LogP contribution in [0.5, 0.6) is 0 Å². The monoisotopic (exact) mass is 572 g/mol. The number of fused-ring (bicyclic) bond motifs is 1. The number of carboxylic acid groups (broad SMARTS) is 1. The number of rotatable bonds is 7. The number of nitrogens with one attached hydrogen (secondary N) is 2. The maximum atomic E-state index is 13.3. The highest BCUT2D eigenvalue weighted by Gasteiger charge is 2.23. The quantitative estimate of drug-likeness (QED) is 0.192. The van der Waals surface area contributed by atoms with Crippen molar-refractivity contribution in [1.82, 2.24) is 20.3 Å². The molecule has 3 N–H and O–H groups in total. The molecule has 9 heteroatoms. The van der Waals surface area contributed by atoms with Gasteiger partial charge in [-0.05, 0) is 78.9 Å². The molecule has 1 atom stereocenters. The van der Waals surface area contributed by atoms with Crippen LogP contribution in [0.3, 0.4) is 0 Å². The summed E-state index contributed by atoms with van der Waals surface area (Å²) in [5.74, 6) is -1.02. The van der Waals surface area contributed by atoms with Gasteiger partial charge >= 0.3 is 5.97 Å². The van der Waals surface area contributed by atoms with Crippen molar-refractivity contribution in [1.29, 1.82) is 0 Å². The highest BCUT2D eigenvalue weighted by atomic mass is 35.5. The Kier molecular flexibility index (Phi) is 7.61. The van der Waals surface area contributed by atoms with Crippen LogP contribution >= 0.6 is 23.2 Å². The van der Waals surface area contributed by atoms with Gasteiger partial charge in [0.2, 0.25) is 0 Å². The smallest absolute Gasteiger partial charge is 0.354 e. The number of aromatic amines is 1. The number of amides is 1. The summed E-state index contributed by atoms with van der Waals surface area (Å²) < 4.78 is 0. The summed E-state index contributed by atoms with van der Waals surface area (Å²) in [5.41, 5.74) is 7.02. The molecular weight excluding hydrogens is 547 g/mol. The predicted molar refractivity (Wildman–Crippen MR) is 158 cm³/mol. The fraction of sp³-hybridized carbons (Fsp3) is 0.161. The summed E-state index contributed by atoms with van der Waals surface area (Å²) in [4.78, 5) is 37.0. The number of halogens is 2. The van der Waals surface area contributed by atoms with Gasteiger partial charge in [0.05, 0.1) is 32.6 Å². The third kappa shape index (κ3) is 5.43. The molecule has 3 aromatic carbocycles. The topological polar surface area (TPSA) is 108 Å². The summed E-state index contributed by atoms with van der Waals surface area (Å²) in [7, 11) is 0. The first-order chi connectivity index (χ1) is 19.1. The molecule has 2 aromatic heterocycles. The number of hydrogen-bond acceptors (Lipinski definition) is 4. The van der Waals surface area contributed by atoms with E-state index < -0.39 is 11.9 Å². The fourth-order valence-electron chi connectivity index (χ4n) is 4.71. The van der Waals surface area contributed by atoms with E-state index in [1.807, 2.05) is 30.3 Å². The van der Waals surface area contributed by atoms with Crippen molar-refractivity contribution in [3.8, 4) is 11.1 Å². The van der Waals surface area contributed by atoms with E-state index in [-0.39, 0.29) is 33.8 Å². The first-order valence-corrected chi connectivity index (χ1v) is 13.4. The number of aromatic nitrogens is 3. The second kappa shape index (κ2) is 11.1. The molecule has 7 nitrogen and oxygen atoms in total. The van der Waals surface area contributed by atoms with E-state index >= 15 is 0 Å². The summed E-state index contributed by atoms with van der Waals surface area (Å²) in [6.45, 7) is 6.04. The van der Waals surface area contributed by atoms with E-state index in [0.29, 0.717) is 16.7 Å². The van der Waals surface area contributed by atoms with Gasteiger partial charge in [0.15, 0.2) is 5.69 Å². The van der Waals surface area contributed by atoms with Gasteiger partial charge < -0.3 is 15.4 Å². The molecule has 5 aromatic rings. The number of carbonyl (C=O) groups is 2. The van der Waals surface area contributed by atoms with E-state index in [0.717, 1.165) is 28.0 Å². The fourth-order valence-corrected chi connectivity index (χ4v) is 5.37. The summed E-state index contributed by atoms with van der Waals surface area (Å²) in [6.07, 6.45) is 1.44. The summed E-state index contributed by atoms with van der Waals surface area (Å²) in [5, 5.41) is 12.6. The molecule has 0 bridgehead atoms. The lowest BCUT2D eigenvalue weighted by molar-refractivity contribution is 0.0689. The van der Waals surface area contributed by atoms with Gasteiger partial charge in [0.1, 0.15) is 5.82 Å². The first-order valence-electron chi connectivity index (χ1n) is 12.6. The number of benzene rings is 3. The molecule has 202 valence electrons. The van der Waals surface area contributed by atoms with Crippen molar-refractivity contribution in [3.05, 3.63) is 116 Å². The average Bonchev–Trinajstić information content (AvgIpc) is 3.31. The second-order valence-corrected chi connectivity index (χ2v) is 10.6. The van der Waals surface area contributed by atoms with Crippen molar-refractivity contribution < 1.29 is 14.7 Å². The van der Waals surface area contributed by atoms with Crippen molar-refractivity contribution in [2.45, 2.75) is 26.7 Å². The number of H-pyrrole nitrogens is 1. The molecule has 5 rings (SSSR count). The SMILES string of the molecule is Cc1cc2nc(C(CNC(=O)c3c(Cl)cc(-c4cnc(C(=O)O)c(C)c4)cc3Cl)c3ccccc3)[nH]c2cc1C. The normalized spacial score (nSPS) is 11.9. The minimum atomic E-state index is -1.10. The van der Waals surface area contributed by atoms with Gasteiger partial charge in [-0.1, -0.05) is 53.5 Å². The Morgan fingerprint density at radius 1 is 0.925 bits per heavy atom. The van der Waals surface area contributed by atoms with Crippen LogP contribution in [0.1, 0.15) is 54.8 Å². The minimum Gasteiger partial charge on any atom is -0.477 e. The Morgan fingerprint density at radius 2 is 1.60 bits per heavy atom. The van der Waals surface area contributed by atoms with Crippen LogP contribution in [0, 0.1) is 20.8 Å². The van der Waals surface area contributed by atoms with Gasteiger partial charge in [0.25, 0.3) is 5.91 Å². The van der Waals surface area contributed by atoms with Gasteiger partial charge in [-0.2, -0.15) is 0 Å². The number of hydrogen-bond donors (Lipinski definition) is 3. The van der Waals surface area contributed by atoms with Crippen molar-refractivity contribution >= 4 is 46.1 Å². The van der Waals surface area contributed by atoms with Crippen LogP contribution < -0.4 is 5.32 Å². The Labute approximate surface area is 241 Å². The molecule has 2 heterocycles. The molecule has 1 unspecified atom stereocenters. The van der Waals surface area contributed by atoms with E-state index in [1.165, 1.54) is 11.8 Å². The number of imidazole rings is 1.